The first-order valence-electron chi connectivity index (χ1n) is 17.0. The molecule has 0 bridgehead atoms. The Morgan fingerprint density at radius 3 is 2.26 bits per heavy atom. The number of rotatable bonds is 22. The number of pyridine rings is 1. The predicted octanol–water partition coefficient (Wildman–Crippen LogP) is 4.90. The van der Waals surface area contributed by atoms with Crippen LogP contribution >= 0.6 is 0 Å². The van der Waals surface area contributed by atoms with Gasteiger partial charge in [0.2, 0.25) is 12.2 Å². The normalized spacial score (nSPS) is 16.3. The molecule has 0 radical (unpaired) electrons. The van der Waals surface area contributed by atoms with Crippen molar-refractivity contribution in [3.8, 4) is 11.6 Å². The van der Waals surface area contributed by atoms with E-state index in [0.717, 1.165) is 18.4 Å². The summed E-state index contributed by atoms with van der Waals surface area (Å²) in [6, 6.07) is 1.15. The lowest BCUT2D eigenvalue weighted by atomic mass is 9.80. The SMILES string of the molecule is COCCCOc1cc(C[C@@H](C[C@H](NC(=O)O[C@H](C)OC(=O)C(C)C)[C@@H](O)C[C@H](C(=O)NCC2CC2)C(C)C)C(C)C)cnc1OC. The summed E-state index contributed by atoms with van der Waals surface area (Å²) in [6.45, 7) is 14.6. The minimum atomic E-state index is -1.12. The highest BCUT2D eigenvalue weighted by Crippen LogP contribution is 2.31. The van der Waals surface area contributed by atoms with E-state index < -0.39 is 36.4 Å². The molecule has 2 amide bonds. The molecule has 1 aliphatic rings. The average molecular weight is 666 g/mol. The van der Waals surface area contributed by atoms with Crippen molar-refractivity contribution in [2.45, 2.75) is 105 Å². The number of hydrogen-bond donors (Lipinski definition) is 3. The van der Waals surface area contributed by atoms with Crippen molar-refractivity contribution in [1.29, 1.82) is 0 Å². The molecule has 47 heavy (non-hydrogen) atoms. The molecule has 3 N–H and O–H groups in total. The number of carbonyl (C=O) groups excluding carboxylic acids is 3. The fourth-order valence-corrected chi connectivity index (χ4v) is 5.22. The number of esters is 1. The van der Waals surface area contributed by atoms with E-state index in [1.807, 2.05) is 19.9 Å². The van der Waals surface area contributed by atoms with Gasteiger partial charge in [0.1, 0.15) is 0 Å². The second kappa shape index (κ2) is 20.3. The summed E-state index contributed by atoms with van der Waals surface area (Å²) in [6.07, 6.45) is 2.84. The van der Waals surface area contributed by atoms with Crippen LogP contribution in [0.5, 0.6) is 11.6 Å². The molecule has 0 aliphatic heterocycles. The van der Waals surface area contributed by atoms with Crippen LogP contribution in [0.4, 0.5) is 4.79 Å². The lowest BCUT2D eigenvalue weighted by Gasteiger charge is -2.32. The van der Waals surface area contributed by atoms with Gasteiger partial charge in [-0.25, -0.2) is 9.78 Å². The zero-order chi connectivity index (χ0) is 35.1. The van der Waals surface area contributed by atoms with Crippen LogP contribution in [0.3, 0.4) is 0 Å². The summed E-state index contributed by atoms with van der Waals surface area (Å²) in [4.78, 5) is 42.7. The maximum Gasteiger partial charge on any atom is 0.410 e. The number of alkyl carbamates (subject to hydrolysis) is 1. The zero-order valence-corrected chi connectivity index (χ0v) is 29.9. The van der Waals surface area contributed by atoms with Gasteiger partial charge >= 0.3 is 12.1 Å². The molecule has 1 aliphatic carbocycles. The van der Waals surface area contributed by atoms with E-state index in [0.29, 0.717) is 56.6 Å². The van der Waals surface area contributed by atoms with Crippen LogP contribution in [0, 0.1) is 35.5 Å². The van der Waals surface area contributed by atoms with Crippen LogP contribution in [0.15, 0.2) is 12.3 Å². The Bertz CT molecular complexity index is 1110. The number of hydrogen-bond acceptors (Lipinski definition) is 10. The van der Waals surface area contributed by atoms with E-state index in [4.69, 9.17) is 23.7 Å². The van der Waals surface area contributed by atoms with Gasteiger partial charge in [-0.3, -0.25) is 9.59 Å². The highest BCUT2D eigenvalue weighted by molar-refractivity contribution is 5.79. The minimum Gasteiger partial charge on any atom is -0.488 e. The van der Waals surface area contributed by atoms with Crippen molar-refractivity contribution < 1.29 is 43.2 Å². The van der Waals surface area contributed by atoms with E-state index in [1.54, 1.807) is 34.3 Å². The van der Waals surface area contributed by atoms with Crippen molar-refractivity contribution in [3.05, 3.63) is 17.8 Å². The van der Waals surface area contributed by atoms with Crippen LogP contribution in [-0.2, 0) is 30.2 Å². The van der Waals surface area contributed by atoms with Crippen molar-refractivity contribution >= 4 is 18.0 Å². The first-order valence-corrected chi connectivity index (χ1v) is 17.0. The van der Waals surface area contributed by atoms with Gasteiger partial charge in [-0.05, 0) is 67.4 Å². The predicted molar refractivity (Wildman–Crippen MR) is 178 cm³/mol. The molecule has 5 atom stereocenters. The van der Waals surface area contributed by atoms with Gasteiger partial charge in [0, 0.05) is 45.7 Å². The molecule has 2 rings (SSSR count). The quantitative estimate of drug-likeness (QED) is 0.0885. The first kappa shape index (κ1) is 40.1. The molecule has 0 saturated heterocycles. The number of aliphatic hydroxyl groups is 1. The Hall–Kier alpha value is -3.12. The molecule has 1 saturated carbocycles. The molecule has 268 valence electrons. The summed E-state index contributed by atoms with van der Waals surface area (Å²) in [7, 11) is 3.18. The monoisotopic (exact) mass is 665 g/mol. The summed E-state index contributed by atoms with van der Waals surface area (Å²) in [5.41, 5.74) is 0.913. The number of nitrogens with zero attached hydrogens (tertiary/aromatic N) is 1. The fourth-order valence-electron chi connectivity index (χ4n) is 5.22. The third-order valence-electron chi connectivity index (χ3n) is 8.51. The molecular weight excluding hydrogens is 606 g/mol. The number of aromatic nitrogens is 1. The third-order valence-corrected chi connectivity index (χ3v) is 8.51. The van der Waals surface area contributed by atoms with Gasteiger partial charge in [0.15, 0.2) is 5.75 Å². The van der Waals surface area contributed by atoms with Crippen LogP contribution in [0.25, 0.3) is 0 Å². The van der Waals surface area contributed by atoms with E-state index in [9.17, 15) is 19.5 Å². The molecular formula is C35H59N3O9. The van der Waals surface area contributed by atoms with Gasteiger partial charge in [-0.1, -0.05) is 41.5 Å². The number of ether oxygens (including phenoxy) is 5. The molecule has 0 aromatic carbocycles. The molecule has 1 aromatic heterocycles. The van der Waals surface area contributed by atoms with Crippen molar-refractivity contribution in [2.75, 3.05) is 34.0 Å². The van der Waals surface area contributed by atoms with Gasteiger partial charge in [-0.2, -0.15) is 0 Å². The Morgan fingerprint density at radius 2 is 1.68 bits per heavy atom. The van der Waals surface area contributed by atoms with E-state index in [2.05, 4.69) is 29.5 Å². The van der Waals surface area contributed by atoms with Crippen LogP contribution in [0.1, 0.15) is 86.1 Å². The second-order valence-electron chi connectivity index (χ2n) is 13.6. The zero-order valence-electron chi connectivity index (χ0n) is 29.9. The van der Waals surface area contributed by atoms with Crippen LogP contribution in [-0.4, -0.2) is 80.5 Å². The Labute approximate surface area is 281 Å². The highest BCUT2D eigenvalue weighted by atomic mass is 16.7. The summed E-state index contributed by atoms with van der Waals surface area (Å²) in [5, 5.41) is 17.5. The number of amides is 2. The van der Waals surface area contributed by atoms with Crippen LogP contribution < -0.4 is 20.1 Å². The van der Waals surface area contributed by atoms with E-state index >= 15 is 0 Å². The van der Waals surface area contributed by atoms with Gasteiger partial charge in [0.05, 0.1) is 31.8 Å². The average Bonchev–Trinajstić information content (AvgIpc) is 3.84. The standard InChI is InChI=1S/C35H59N3O9/c1-21(2)27(15-26-16-31(33(44-9)37-20-26)45-14-10-13-43-8)17-29(38-35(42)47-24(7)46-34(41)23(5)6)30(39)18-28(22(3)4)32(40)36-19-25-11-12-25/h16,20-25,27-30,39H,10-15,17-19H2,1-9H3,(H,36,40)(H,38,42)/t24-,27+,28+,29+,30+/m1/s1. The van der Waals surface area contributed by atoms with Crippen molar-refractivity contribution in [1.82, 2.24) is 15.6 Å². The molecule has 12 nitrogen and oxygen atoms in total. The van der Waals surface area contributed by atoms with Crippen molar-refractivity contribution in [3.63, 3.8) is 0 Å². The second-order valence-corrected chi connectivity index (χ2v) is 13.6. The van der Waals surface area contributed by atoms with E-state index in [-0.39, 0.29) is 36.0 Å². The molecule has 1 fully saturated rings. The fraction of sp³-hybridized carbons (Fsp3) is 0.771. The Morgan fingerprint density at radius 1 is 0.979 bits per heavy atom. The Kier molecular flexibility index (Phi) is 17.3. The van der Waals surface area contributed by atoms with Gasteiger partial charge in [-0.15, -0.1) is 0 Å². The Balaban J connectivity index is 2.26. The highest BCUT2D eigenvalue weighted by Gasteiger charge is 2.34. The lowest BCUT2D eigenvalue weighted by Crippen LogP contribution is -2.48. The maximum absolute atomic E-state index is 13.1. The molecule has 0 spiro atoms. The van der Waals surface area contributed by atoms with Gasteiger partial charge < -0.3 is 39.4 Å². The number of aliphatic hydroxyl groups excluding tert-OH is 1. The molecule has 0 unspecified atom stereocenters. The first-order chi connectivity index (χ1) is 22.2. The summed E-state index contributed by atoms with van der Waals surface area (Å²) >= 11 is 0. The smallest absolute Gasteiger partial charge is 0.410 e. The third kappa shape index (κ3) is 14.7. The number of nitrogens with one attached hydrogen (secondary N) is 2. The van der Waals surface area contributed by atoms with Crippen molar-refractivity contribution in [2.24, 2.45) is 35.5 Å². The minimum absolute atomic E-state index is 0.0103. The molecule has 1 aromatic rings. The number of carbonyl (C=O) groups is 3. The maximum atomic E-state index is 13.1. The summed E-state index contributed by atoms with van der Waals surface area (Å²) in [5.74, 6) is 0.153. The molecule has 1 heterocycles. The van der Waals surface area contributed by atoms with Gasteiger partial charge in [0.25, 0.3) is 5.88 Å². The number of methoxy groups -OCH3 is 2. The van der Waals surface area contributed by atoms with E-state index in [1.165, 1.54) is 6.92 Å². The lowest BCUT2D eigenvalue weighted by molar-refractivity contribution is -0.168. The van der Waals surface area contributed by atoms with Crippen LogP contribution in [0.2, 0.25) is 0 Å². The topological polar surface area (TPSA) is 155 Å². The largest absolute Gasteiger partial charge is 0.488 e. The molecule has 12 heteroatoms. The summed E-state index contributed by atoms with van der Waals surface area (Å²) < 4.78 is 27.0.